The van der Waals surface area contributed by atoms with Gasteiger partial charge in [-0.15, -0.1) is 0 Å². The summed E-state index contributed by atoms with van der Waals surface area (Å²) < 4.78 is 0. The van der Waals surface area contributed by atoms with Crippen molar-refractivity contribution in [3.63, 3.8) is 0 Å². The maximum Gasteiger partial charge on any atom is 0.0445 e. The van der Waals surface area contributed by atoms with Crippen molar-refractivity contribution in [3.8, 4) is 0 Å². The van der Waals surface area contributed by atoms with Crippen LogP contribution < -0.4 is 0 Å². The first-order valence-electron chi connectivity index (χ1n) is 5.97. The standard InChI is InChI=1S/C12H26Si/c1-11(10-13(2,3)4)9-12-7-5-6-8-12/h11-12H,5-10H2,1-4H3. The van der Waals surface area contributed by atoms with Gasteiger partial charge in [0.2, 0.25) is 0 Å². The van der Waals surface area contributed by atoms with Crippen LogP contribution >= 0.6 is 0 Å². The van der Waals surface area contributed by atoms with Crippen LogP contribution in [0.25, 0.3) is 0 Å². The highest BCUT2D eigenvalue weighted by Gasteiger charge is 2.22. The van der Waals surface area contributed by atoms with Crippen LogP contribution in [0.4, 0.5) is 0 Å². The van der Waals surface area contributed by atoms with Crippen molar-refractivity contribution in [1.29, 1.82) is 0 Å². The highest BCUT2D eigenvalue weighted by Crippen LogP contribution is 2.32. The van der Waals surface area contributed by atoms with E-state index in [0.717, 1.165) is 11.8 Å². The van der Waals surface area contributed by atoms with E-state index in [1.165, 1.54) is 38.1 Å². The Kier molecular flexibility index (Phi) is 4.02. The van der Waals surface area contributed by atoms with E-state index in [9.17, 15) is 0 Å². The Morgan fingerprint density at radius 1 is 1.15 bits per heavy atom. The summed E-state index contributed by atoms with van der Waals surface area (Å²) in [6.45, 7) is 9.96. The lowest BCUT2D eigenvalue weighted by atomic mass is 9.96. The second kappa shape index (κ2) is 4.63. The van der Waals surface area contributed by atoms with E-state index in [2.05, 4.69) is 26.6 Å². The van der Waals surface area contributed by atoms with Crippen molar-refractivity contribution >= 4 is 8.07 Å². The molecule has 0 spiro atoms. The lowest BCUT2D eigenvalue weighted by Crippen LogP contribution is -2.23. The third-order valence-corrected chi connectivity index (χ3v) is 5.09. The van der Waals surface area contributed by atoms with Crippen molar-refractivity contribution in [2.45, 2.75) is 64.7 Å². The molecular weight excluding hydrogens is 172 g/mol. The molecule has 0 nitrogen and oxygen atoms in total. The van der Waals surface area contributed by atoms with Gasteiger partial charge in [0.1, 0.15) is 0 Å². The first-order valence-corrected chi connectivity index (χ1v) is 9.68. The Hall–Kier alpha value is 0.217. The van der Waals surface area contributed by atoms with Crippen LogP contribution in [0.2, 0.25) is 25.7 Å². The van der Waals surface area contributed by atoms with Gasteiger partial charge in [0.15, 0.2) is 0 Å². The van der Waals surface area contributed by atoms with Gasteiger partial charge in [-0.05, 0) is 18.3 Å². The molecule has 1 heteroatoms. The minimum Gasteiger partial charge on any atom is -0.0695 e. The summed E-state index contributed by atoms with van der Waals surface area (Å²) in [5.74, 6) is 2.08. The van der Waals surface area contributed by atoms with Crippen molar-refractivity contribution in [3.05, 3.63) is 0 Å². The molecule has 13 heavy (non-hydrogen) atoms. The lowest BCUT2D eigenvalue weighted by Gasteiger charge is -2.23. The van der Waals surface area contributed by atoms with Crippen LogP contribution in [0, 0.1) is 11.8 Å². The Labute approximate surface area is 85.1 Å². The molecule has 0 heterocycles. The van der Waals surface area contributed by atoms with Crippen LogP contribution in [0.5, 0.6) is 0 Å². The zero-order valence-corrected chi connectivity index (χ0v) is 10.9. The van der Waals surface area contributed by atoms with E-state index in [1.54, 1.807) is 0 Å². The van der Waals surface area contributed by atoms with Gasteiger partial charge in [-0.3, -0.25) is 0 Å². The molecule has 1 rings (SSSR count). The number of rotatable bonds is 4. The second-order valence-electron chi connectivity index (χ2n) is 6.26. The zero-order chi connectivity index (χ0) is 9.90. The van der Waals surface area contributed by atoms with Gasteiger partial charge in [-0.25, -0.2) is 0 Å². The van der Waals surface area contributed by atoms with Crippen molar-refractivity contribution in [2.24, 2.45) is 11.8 Å². The van der Waals surface area contributed by atoms with Gasteiger partial charge in [-0.1, -0.05) is 58.3 Å². The topological polar surface area (TPSA) is 0 Å². The molecule has 0 aliphatic heterocycles. The molecule has 1 atom stereocenters. The van der Waals surface area contributed by atoms with Crippen molar-refractivity contribution < 1.29 is 0 Å². The number of hydrogen-bond acceptors (Lipinski definition) is 0. The fourth-order valence-electron chi connectivity index (χ4n) is 2.94. The van der Waals surface area contributed by atoms with Gasteiger partial charge >= 0.3 is 0 Å². The van der Waals surface area contributed by atoms with E-state index in [4.69, 9.17) is 0 Å². The average Bonchev–Trinajstić information content (AvgIpc) is 2.34. The van der Waals surface area contributed by atoms with Crippen LogP contribution in [0.3, 0.4) is 0 Å². The largest absolute Gasteiger partial charge is 0.0695 e. The maximum absolute atomic E-state index is 2.50. The highest BCUT2D eigenvalue weighted by atomic mass is 28.3. The normalized spacial score (nSPS) is 22.2. The summed E-state index contributed by atoms with van der Waals surface area (Å²) in [4.78, 5) is 0. The fourth-order valence-corrected chi connectivity index (χ4v) is 5.20. The highest BCUT2D eigenvalue weighted by molar-refractivity contribution is 6.76. The maximum atomic E-state index is 2.50. The summed E-state index contributed by atoms with van der Waals surface area (Å²) >= 11 is 0. The van der Waals surface area contributed by atoms with E-state index in [1.807, 2.05) is 0 Å². The molecule has 0 aromatic heterocycles. The molecule has 0 bridgehead atoms. The van der Waals surface area contributed by atoms with Crippen LogP contribution in [-0.2, 0) is 0 Å². The quantitative estimate of drug-likeness (QED) is 0.582. The molecule has 1 aliphatic rings. The predicted octanol–water partition coefficient (Wildman–Crippen LogP) is 4.54. The van der Waals surface area contributed by atoms with Crippen molar-refractivity contribution in [1.82, 2.24) is 0 Å². The molecule has 78 valence electrons. The molecule has 1 unspecified atom stereocenters. The molecule has 1 aliphatic carbocycles. The number of hydrogen-bond donors (Lipinski definition) is 0. The van der Waals surface area contributed by atoms with Gasteiger partial charge in [0.25, 0.3) is 0 Å². The first kappa shape index (κ1) is 11.3. The lowest BCUT2D eigenvalue weighted by molar-refractivity contribution is 0.417. The van der Waals surface area contributed by atoms with Crippen molar-refractivity contribution in [2.75, 3.05) is 0 Å². The monoisotopic (exact) mass is 198 g/mol. The SMILES string of the molecule is CC(CC1CCCC1)C[Si](C)(C)C. The minimum absolute atomic E-state index is 0.792. The molecule has 0 saturated heterocycles. The zero-order valence-electron chi connectivity index (χ0n) is 9.90. The van der Waals surface area contributed by atoms with Gasteiger partial charge in [-0.2, -0.15) is 0 Å². The fraction of sp³-hybridized carbons (Fsp3) is 1.00. The van der Waals surface area contributed by atoms with E-state index >= 15 is 0 Å². The Bertz CT molecular complexity index is 140. The summed E-state index contributed by atoms with van der Waals surface area (Å²) in [6.07, 6.45) is 7.57. The third kappa shape index (κ3) is 4.85. The molecule has 1 fully saturated rings. The average molecular weight is 198 g/mol. The summed E-state index contributed by atoms with van der Waals surface area (Å²) in [5.41, 5.74) is 0. The van der Waals surface area contributed by atoms with Crippen LogP contribution in [0.1, 0.15) is 39.0 Å². The van der Waals surface area contributed by atoms with E-state index < -0.39 is 8.07 Å². The summed E-state index contributed by atoms with van der Waals surface area (Å²) in [7, 11) is -0.792. The predicted molar refractivity (Wildman–Crippen MR) is 63.9 cm³/mol. The van der Waals surface area contributed by atoms with E-state index in [-0.39, 0.29) is 0 Å². The minimum atomic E-state index is -0.792. The summed E-state index contributed by atoms with van der Waals surface area (Å²) in [6, 6.07) is 1.53. The molecule has 0 aromatic carbocycles. The van der Waals surface area contributed by atoms with Gasteiger partial charge < -0.3 is 0 Å². The molecule has 0 aromatic rings. The smallest absolute Gasteiger partial charge is 0.0445 e. The second-order valence-corrected chi connectivity index (χ2v) is 11.8. The van der Waals surface area contributed by atoms with Gasteiger partial charge in [0.05, 0.1) is 0 Å². The molecular formula is C12H26Si. The Morgan fingerprint density at radius 3 is 2.15 bits per heavy atom. The molecule has 0 radical (unpaired) electrons. The van der Waals surface area contributed by atoms with Crippen LogP contribution in [0.15, 0.2) is 0 Å². The first-order chi connectivity index (χ1) is 5.97. The van der Waals surface area contributed by atoms with Crippen LogP contribution in [-0.4, -0.2) is 8.07 Å². The van der Waals surface area contributed by atoms with Gasteiger partial charge in [0, 0.05) is 8.07 Å². The Morgan fingerprint density at radius 2 is 1.69 bits per heavy atom. The summed E-state index contributed by atoms with van der Waals surface area (Å²) in [5, 5.41) is 0. The molecule has 1 saturated carbocycles. The van der Waals surface area contributed by atoms with E-state index in [0.29, 0.717) is 0 Å². The Balaban J connectivity index is 2.20. The third-order valence-electron chi connectivity index (χ3n) is 3.17. The molecule has 0 amide bonds. The molecule has 0 N–H and O–H groups in total.